The van der Waals surface area contributed by atoms with Gasteiger partial charge in [-0.2, -0.15) is 0 Å². The molecule has 2 atom stereocenters. The number of nitrogens with zero attached hydrogens (tertiary/aromatic N) is 1. The highest BCUT2D eigenvalue weighted by Gasteiger charge is 2.24. The number of hydrogen-bond acceptors (Lipinski definition) is 4. The van der Waals surface area contributed by atoms with E-state index in [1.807, 2.05) is 6.92 Å². The Balaban J connectivity index is 2.41. The lowest BCUT2D eigenvalue weighted by atomic mass is 10.1. The van der Waals surface area contributed by atoms with Crippen molar-refractivity contribution >= 4 is 11.8 Å². The van der Waals surface area contributed by atoms with E-state index >= 15 is 0 Å². The van der Waals surface area contributed by atoms with Crippen molar-refractivity contribution in [2.75, 3.05) is 26.3 Å². The van der Waals surface area contributed by atoms with Crippen LogP contribution in [0.15, 0.2) is 0 Å². The zero-order valence-electron chi connectivity index (χ0n) is 11.1. The first-order chi connectivity index (χ1) is 8.56. The first kappa shape index (κ1) is 14.9. The number of ether oxygens (including phenoxy) is 1. The predicted molar refractivity (Wildman–Crippen MR) is 67.9 cm³/mol. The van der Waals surface area contributed by atoms with Gasteiger partial charge in [-0.1, -0.05) is 13.3 Å². The minimum atomic E-state index is -0.532. The van der Waals surface area contributed by atoms with Crippen molar-refractivity contribution in [2.24, 2.45) is 5.73 Å². The van der Waals surface area contributed by atoms with E-state index in [4.69, 9.17) is 10.5 Å². The molecule has 2 unspecified atom stereocenters. The average Bonchev–Trinajstić information content (AvgIpc) is 2.39. The summed E-state index contributed by atoms with van der Waals surface area (Å²) in [6, 6.07) is -1.06. The Morgan fingerprint density at radius 2 is 2.00 bits per heavy atom. The Hall–Kier alpha value is -1.14. The fourth-order valence-corrected chi connectivity index (χ4v) is 1.88. The van der Waals surface area contributed by atoms with Crippen LogP contribution < -0.4 is 11.1 Å². The molecular weight excluding hydrogens is 234 g/mol. The Bertz CT molecular complexity index is 290. The van der Waals surface area contributed by atoms with Gasteiger partial charge in [-0.15, -0.1) is 0 Å². The lowest BCUT2D eigenvalue weighted by molar-refractivity contribution is -0.139. The molecule has 2 amide bonds. The summed E-state index contributed by atoms with van der Waals surface area (Å²) in [7, 11) is 0. The van der Waals surface area contributed by atoms with Gasteiger partial charge in [0.2, 0.25) is 11.8 Å². The fraction of sp³-hybridized carbons (Fsp3) is 0.833. The number of carbonyl (C=O) groups excluding carboxylic acids is 2. The number of amides is 2. The monoisotopic (exact) mass is 257 g/mol. The summed E-state index contributed by atoms with van der Waals surface area (Å²) in [5, 5.41) is 2.67. The Morgan fingerprint density at radius 1 is 1.39 bits per heavy atom. The van der Waals surface area contributed by atoms with Crippen LogP contribution in [0.25, 0.3) is 0 Å². The summed E-state index contributed by atoms with van der Waals surface area (Å²) in [5.41, 5.74) is 5.70. The van der Waals surface area contributed by atoms with E-state index in [2.05, 4.69) is 5.32 Å². The van der Waals surface area contributed by atoms with Gasteiger partial charge in [-0.05, 0) is 13.3 Å². The Labute approximate surface area is 108 Å². The molecule has 1 fully saturated rings. The number of nitrogens with one attached hydrogen (secondary N) is 1. The molecule has 0 aliphatic carbocycles. The minimum absolute atomic E-state index is 0.0738. The highest BCUT2D eigenvalue weighted by atomic mass is 16.5. The summed E-state index contributed by atoms with van der Waals surface area (Å²) in [6.07, 6.45) is 1.48. The first-order valence-corrected chi connectivity index (χ1v) is 6.48. The second kappa shape index (κ2) is 7.33. The van der Waals surface area contributed by atoms with Gasteiger partial charge in [0.1, 0.15) is 6.04 Å². The standard InChI is InChI=1S/C12H23N3O3/c1-3-4-10(13)11(16)14-9(2)12(17)15-5-7-18-8-6-15/h9-10H,3-8,13H2,1-2H3,(H,14,16). The number of rotatable bonds is 5. The smallest absolute Gasteiger partial charge is 0.245 e. The van der Waals surface area contributed by atoms with Gasteiger partial charge < -0.3 is 20.7 Å². The van der Waals surface area contributed by atoms with Crippen LogP contribution in [0.3, 0.4) is 0 Å². The molecule has 1 saturated heterocycles. The second-order valence-corrected chi connectivity index (χ2v) is 4.56. The van der Waals surface area contributed by atoms with Gasteiger partial charge in [-0.3, -0.25) is 9.59 Å². The number of nitrogens with two attached hydrogens (primary N) is 1. The predicted octanol–water partition coefficient (Wildman–Crippen LogP) is -0.523. The Morgan fingerprint density at radius 3 is 2.56 bits per heavy atom. The third-order valence-corrected chi connectivity index (χ3v) is 2.99. The number of morpholine rings is 1. The van der Waals surface area contributed by atoms with E-state index in [1.165, 1.54) is 0 Å². The lowest BCUT2D eigenvalue weighted by Crippen LogP contribution is -2.53. The maximum Gasteiger partial charge on any atom is 0.245 e. The highest BCUT2D eigenvalue weighted by Crippen LogP contribution is 2.01. The van der Waals surface area contributed by atoms with E-state index in [9.17, 15) is 9.59 Å². The average molecular weight is 257 g/mol. The minimum Gasteiger partial charge on any atom is -0.378 e. The SMILES string of the molecule is CCCC(N)C(=O)NC(C)C(=O)N1CCOCC1. The topological polar surface area (TPSA) is 84.7 Å². The molecule has 0 aromatic rings. The molecule has 104 valence electrons. The number of carbonyl (C=O) groups is 2. The summed E-state index contributed by atoms with van der Waals surface area (Å²) in [4.78, 5) is 25.4. The van der Waals surface area contributed by atoms with Gasteiger partial charge in [0.05, 0.1) is 19.3 Å². The quantitative estimate of drug-likeness (QED) is 0.694. The van der Waals surface area contributed by atoms with E-state index < -0.39 is 12.1 Å². The maximum atomic E-state index is 12.0. The van der Waals surface area contributed by atoms with Crippen LogP contribution in [0.4, 0.5) is 0 Å². The summed E-state index contributed by atoms with van der Waals surface area (Å²) < 4.78 is 5.18. The molecule has 3 N–H and O–H groups in total. The van der Waals surface area contributed by atoms with E-state index in [1.54, 1.807) is 11.8 Å². The van der Waals surface area contributed by atoms with Crippen molar-refractivity contribution < 1.29 is 14.3 Å². The molecule has 0 radical (unpaired) electrons. The molecule has 1 aliphatic heterocycles. The largest absolute Gasteiger partial charge is 0.378 e. The first-order valence-electron chi connectivity index (χ1n) is 6.48. The van der Waals surface area contributed by atoms with Crippen LogP contribution in [-0.2, 0) is 14.3 Å². The van der Waals surface area contributed by atoms with Gasteiger partial charge >= 0.3 is 0 Å². The maximum absolute atomic E-state index is 12.0. The van der Waals surface area contributed by atoms with Crippen molar-refractivity contribution in [3.05, 3.63) is 0 Å². The summed E-state index contributed by atoms with van der Waals surface area (Å²) >= 11 is 0. The van der Waals surface area contributed by atoms with Gasteiger partial charge in [-0.25, -0.2) is 0 Å². The molecule has 18 heavy (non-hydrogen) atoms. The van der Waals surface area contributed by atoms with Gasteiger partial charge in [0.15, 0.2) is 0 Å². The van der Waals surface area contributed by atoms with Crippen LogP contribution in [0, 0.1) is 0 Å². The van der Waals surface area contributed by atoms with E-state index in [-0.39, 0.29) is 11.8 Å². The van der Waals surface area contributed by atoms with E-state index in [0.717, 1.165) is 6.42 Å². The van der Waals surface area contributed by atoms with Crippen LogP contribution in [-0.4, -0.2) is 55.1 Å². The lowest BCUT2D eigenvalue weighted by Gasteiger charge is -2.29. The summed E-state index contributed by atoms with van der Waals surface area (Å²) in [6.45, 7) is 5.94. The van der Waals surface area contributed by atoms with Crippen molar-refractivity contribution in [1.29, 1.82) is 0 Å². The van der Waals surface area contributed by atoms with Crippen molar-refractivity contribution in [3.8, 4) is 0 Å². The molecule has 0 aromatic heterocycles. The fourth-order valence-electron chi connectivity index (χ4n) is 1.88. The zero-order chi connectivity index (χ0) is 13.5. The molecule has 0 aromatic carbocycles. The van der Waals surface area contributed by atoms with Gasteiger partial charge in [0.25, 0.3) is 0 Å². The molecule has 1 rings (SSSR count). The van der Waals surface area contributed by atoms with Crippen LogP contribution in [0.1, 0.15) is 26.7 Å². The van der Waals surface area contributed by atoms with Gasteiger partial charge in [0, 0.05) is 13.1 Å². The van der Waals surface area contributed by atoms with Crippen molar-refractivity contribution in [1.82, 2.24) is 10.2 Å². The van der Waals surface area contributed by atoms with Crippen molar-refractivity contribution in [2.45, 2.75) is 38.8 Å². The third kappa shape index (κ3) is 4.27. The normalized spacial score (nSPS) is 19.2. The molecule has 0 bridgehead atoms. The molecular formula is C12H23N3O3. The summed E-state index contributed by atoms with van der Waals surface area (Å²) in [5.74, 6) is -0.332. The molecule has 0 saturated carbocycles. The molecule has 0 spiro atoms. The van der Waals surface area contributed by atoms with Crippen LogP contribution >= 0.6 is 0 Å². The molecule has 1 heterocycles. The molecule has 6 heteroatoms. The van der Waals surface area contributed by atoms with E-state index in [0.29, 0.717) is 32.7 Å². The zero-order valence-corrected chi connectivity index (χ0v) is 11.1. The molecule has 1 aliphatic rings. The Kier molecular flexibility index (Phi) is 6.07. The number of hydrogen-bond donors (Lipinski definition) is 2. The van der Waals surface area contributed by atoms with Crippen molar-refractivity contribution in [3.63, 3.8) is 0 Å². The van der Waals surface area contributed by atoms with Crippen LogP contribution in [0.5, 0.6) is 0 Å². The second-order valence-electron chi connectivity index (χ2n) is 4.56. The highest BCUT2D eigenvalue weighted by molar-refractivity contribution is 5.89. The third-order valence-electron chi connectivity index (χ3n) is 2.99. The van der Waals surface area contributed by atoms with Crippen LogP contribution in [0.2, 0.25) is 0 Å². The molecule has 6 nitrogen and oxygen atoms in total.